The fourth-order valence-electron chi connectivity index (χ4n) is 6.54. The van der Waals surface area contributed by atoms with Crippen LogP contribution < -0.4 is 16.0 Å². The van der Waals surface area contributed by atoms with Gasteiger partial charge in [0.1, 0.15) is 17.8 Å². The average molecular weight is 550 g/mol. The zero-order valence-electron chi connectivity index (χ0n) is 23.6. The average Bonchev–Trinajstić information content (AvgIpc) is 3.67. The second-order valence-electron chi connectivity index (χ2n) is 11.9. The van der Waals surface area contributed by atoms with E-state index in [9.17, 15) is 19.5 Å². The van der Waals surface area contributed by atoms with Gasteiger partial charge in [0.25, 0.3) is 0 Å². The lowest BCUT2D eigenvalue weighted by Gasteiger charge is -2.26. The molecule has 2 bridgehead atoms. The summed E-state index contributed by atoms with van der Waals surface area (Å²) in [7, 11) is 1.95. The number of fused-ring (bicyclic) bond motifs is 3. The van der Waals surface area contributed by atoms with Gasteiger partial charge in [-0.3, -0.25) is 4.79 Å². The highest BCUT2D eigenvalue weighted by Gasteiger charge is 2.40. The number of urea groups is 1. The number of aryl methyl sites for hydroxylation is 2. The molecule has 2 heterocycles. The molecule has 0 radical (unpaired) electrons. The van der Waals surface area contributed by atoms with Crippen LogP contribution in [0.15, 0.2) is 34.9 Å². The number of nitrogens with one attached hydrogen (secondary N) is 3. The molecule has 1 aromatic carbocycles. The maximum Gasteiger partial charge on any atom is 0.358 e. The summed E-state index contributed by atoms with van der Waals surface area (Å²) in [4.78, 5) is 42.6. The van der Waals surface area contributed by atoms with Crippen molar-refractivity contribution >= 4 is 28.8 Å². The van der Waals surface area contributed by atoms with Crippen LogP contribution in [-0.4, -0.2) is 44.6 Å². The summed E-state index contributed by atoms with van der Waals surface area (Å²) in [6, 6.07) is 6.26. The number of carbonyl (C=O) groups excluding carboxylic acids is 2. The first-order valence-corrected chi connectivity index (χ1v) is 14.2. The van der Waals surface area contributed by atoms with Crippen LogP contribution in [-0.2, 0) is 18.3 Å². The van der Waals surface area contributed by atoms with E-state index in [0.29, 0.717) is 24.7 Å². The van der Waals surface area contributed by atoms with Crippen molar-refractivity contribution in [2.45, 2.75) is 77.4 Å². The number of benzene rings is 1. The molecule has 0 unspecified atom stereocenters. The number of aromatic nitrogens is 2. The minimum atomic E-state index is -1.20. The molecule has 2 saturated carbocycles. The second-order valence-corrected chi connectivity index (χ2v) is 11.9. The number of oxazole rings is 1. The van der Waals surface area contributed by atoms with Crippen molar-refractivity contribution in [2.75, 3.05) is 0 Å². The van der Waals surface area contributed by atoms with Crippen LogP contribution >= 0.6 is 0 Å². The Bertz CT molecular complexity index is 1410. The summed E-state index contributed by atoms with van der Waals surface area (Å²) in [6.07, 6.45) is 7.33. The molecule has 5 atom stereocenters. The third-order valence-electron chi connectivity index (χ3n) is 8.42. The van der Waals surface area contributed by atoms with E-state index >= 15 is 0 Å². The Labute approximate surface area is 233 Å². The van der Waals surface area contributed by atoms with Crippen molar-refractivity contribution in [3.05, 3.63) is 53.4 Å². The minimum absolute atomic E-state index is 0.117. The quantitative estimate of drug-likeness (QED) is 0.294. The number of rotatable bonds is 10. The van der Waals surface area contributed by atoms with E-state index < -0.39 is 18.1 Å². The topological polar surface area (TPSA) is 138 Å². The number of para-hydroxylation sites is 1. The molecule has 2 aliphatic rings. The molecule has 214 valence electrons. The molecule has 10 nitrogen and oxygen atoms in total. The smallest absolute Gasteiger partial charge is 0.358 e. The van der Waals surface area contributed by atoms with Gasteiger partial charge >= 0.3 is 12.0 Å². The van der Waals surface area contributed by atoms with Gasteiger partial charge in [0, 0.05) is 36.6 Å². The molecule has 4 N–H and O–H groups in total. The second kappa shape index (κ2) is 11.3. The van der Waals surface area contributed by atoms with Gasteiger partial charge in [-0.1, -0.05) is 38.5 Å². The molecule has 0 saturated heterocycles. The standard InChI is InChI=1S/C30H39N5O5/c1-16(2)11-23(33-30(39)32-22-13-18-9-10-19(22)12-18)27(36)31-24(28-34-26(29(37)38)17(3)40-28)14-20-15-35(4)25-8-6-5-7-21(20)25/h5-8,15-16,18-19,22-24H,9-14H2,1-4H3,(H,31,36)(H,37,38)(H2,32,33,39)/t18-,19+,22-,23-,24+/m0/s1. The Kier molecular flexibility index (Phi) is 7.87. The highest BCUT2D eigenvalue weighted by atomic mass is 16.4. The summed E-state index contributed by atoms with van der Waals surface area (Å²) in [5, 5.41) is 19.6. The minimum Gasteiger partial charge on any atom is -0.476 e. The van der Waals surface area contributed by atoms with Crippen molar-refractivity contribution in [3.63, 3.8) is 0 Å². The van der Waals surface area contributed by atoms with Crippen molar-refractivity contribution in [1.82, 2.24) is 25.5 Å². The molecule has 2 aromatic heterocycles. The highest BCUT2D eigenvalue weighted by molar-refractivity contribution is 5.88. The highest BCUT2D eigenvalue weighted by Crippen LogP contribution is 2.44. The number of nitrogens with zero attached hydrogens (tertiary/aromatic N) is 2. The fourth-order valence-corrected chi connectivity index (χ4v) is 6.54. The molecular weight excluding hydrogens is 510 g/mol. The van der Waals surface area contributed by atoms with Crippen molar-refractivity contribution in [2.24, 2.45) is 24.8 Å². The third-order valence-corrected chi connectivity index (χ3v) is 8.42. The predicted molar refractivity (Wildman–Crippen MR) is 150 cm³/mol. The Morgan fingerprint density at radius 1 is 1.15 bits per heavy atom. The Morgan fingerprint density at radius 2 is 1.93 bits per heavy atom. The summed E-state index contributed by atoms with van der Waals surface area (Å²) in [6.45, 7) is 5.54. The van der Waals surface area contributed by atoms with Crippen LogP contribution in [0.3, 0.4) is 0 Å². The SMILES string of the molecule is Cc1oc([C@@H](Cc2cn(C)c3ccccc23)NC(=O)[C@H](CC(C)C)NC(=O)N[C@H]2C[C@H]3CC[C@@H]2C3)nc1C(=O)O. The van der Waals surface area contributed by atoms with Gasteiger partial charge in [-0.25, -0.2) is 14.6 Å². The Morgan fingerprint density at radius 3 is 2.58 bits per heavy atom. The monoisotopic (exact) mass is 549 g/mol. The van der Waals surface area contributed by atoms with Crippen LogP contribution in [0, 0.1) is 24.7 Å². The van der Waals surface area contributed by atoms with Crippen LogP contribution in [0.1, 0.15) is 79.7 Å². The molecule has 3 aromatic rings. The summed E-state index contributed by atoms with van der Waals surface area (Å²) in [5.74, 6) is 0.0918. The molecule has 2 aliphatic carbocycles. The lowest BCUT2D eigenvalue weighted by atomic mass is 9.95. The van der Waals surface area contributed by atoms with Crippen LogP contribution in [0.4, 0.5) is 4.79 Å². The van der Waals surface area contributed by atoms with Gasteiger partial charge in [-0.05, 0) is 62.0 Å². The molecule has 40 heavy (non-hydrogen) atoms. The van der Waals surface area contributed by atoms with E-state index in [0.717, 1.165) is 29.3 Å². The first-order valence-electron chi connectivity index (χ1n) is 14.2. The van der Waals surface area contributed by atoms with Gasteiger partial charge in [0.15, 0.2) is 5.69 Å². The fraction of sp³-hybridized carbons (Fsp3) is 0.533. The number of carbonyl (C=O) groups is 3. The number of amides is 3. The normalized spacial score (nSPS) is 21.5. The zero-order chi connectivity index (χ0) is 28.6. The molecular formula is C30H39N5O5. The molecule has 3 amide bonds. The molecule has 10 heteroatoms. The van der Waals surface area contributed by atoms with Gasteiger partial charge < -0.3 is 30.0 Å². The largest absolute Gasteiger partial charge is 0.476 e. The zero-order valence-corrected chi connectivity index (χ0v) is 23.6. The summed E-state index contributed by atoms with van der Waals surface area (Å²) < 4.78 is 7.79. The van der Waals surface area contributed by atoms with Gasteiger partial charge in [-0.2, -0.15) is 0 Å². The lowest BCUT2D eigenvalue weighted by Crippen LogP contribution is -2.53. The Balaban J connectivity index is 1.37. The van der Waals surface area contributed by atoms with E-state index in [-0.39, 0.29) is 41.2 Å². The van der Waals surface area contributed by atoms with Crippen LogP contribution in [0.25, 0.3) is 10.9 Å². The maximum atomic E-state index is 13.7. The van der Waals surface area contributed by atoms with Gasteiger partial charge in [0.2, 0.25) is 11.8 Å². The van der Waals surface area contributed by atoms with E-state index in [1.54, 1.807) is 6.92 Å². The lowest BCUT2D eigenvalue weighted by molar-refractivity contribution is -0.124. The molecule has 0 aliphatic heterocycles. The van der Waals surface area contributed by atoms with Crippen molar-refractivity contribution in [3.8, 4) is 0 Å². The summed E-state index contributed by atoms with van der Waals surface area (Å²) in [5.41, 5.74) is 1.81. The number of aromatic carboxylic acids is 1. The van der Waals surface area contributed by atoms with E-state index in [1.165, 1.54) is 12.8 Å². The number of carboxylic acids is 1. The van der Waals surface area contributed by atoms with Crippen molar-refractivity contribution < 1.29 is 23.9 Å². The number of hydrogen-bond acceptors (Lipinski definition) is 5. The first kappa shape index (κ1) is 27.7. The van der Waals surface area contributed by atoms with Gasteiger partial charge in [0.05, 0.1) is 0 Å². The maximum absolute atomic E-state index is 13.7. The van der Waals surface area contributed by atoms with E-state index in [1.807, 2.05) is 55.9 Å². The number of carboxylic acid groups (broad SMARTS) is 1. The first-order chi connectivity index (χ1) is 19.1. The van der Waals surface area contributed by atoms with Crippen LogP contribution in [0.2, 0.25) is 0 Å². The van der Waals surface area contributed by atoms with Crippen LogP contribution in [0.5, 0.6) is 0 Å². The third kappa shape index (κ3) is 5.85. The molecule has 2 fully saturated rings. The molecule has 5 rings (SSSR count). The molecule has 0 spiro atoms. The Hall–Kier alpha value is -3.82. The van der Waals surface area contributed by atoms with E-state index in [2.05, 4.69) is 20.9 Å². The number of hydrogen-bond donors (Lipinski definition) is 4. The summed E-state index contributed by atoms with van der Waals surface area (Å²) >= 11 is 0. The van der Waals surface area contributed by atoms with E-state index in [4.69, 9.17) is 4.42 Å². The van der Waals surface area contributed by atoms with Crippen molar-refractivity contribution in [1.29, 1.82) is 0 Å². The predicted octanol–water partition coefficient (Wildman–Crippen LogP) is 4.48. The van der Waals surface area contributed by atoms with Gasteiger partial charge in [-0.15, -0.1) is 0 Å².